The highest BCUT2D eigenvalue weighted by molar-refractivity contribution is 7.80. The van der Waals surface area contributed by atoms with Gasteiger partial charge >= 0.3 is 6.09 Å². The van der Waals surface area contributed by atoms with Gasteiger partial charge in [-0.15, -0.1) is 12.6 Å². The fraction of sp³-hybridized carbons (Fsp3) is 0.542. The van der Waals surface area contributed by atoms with Gasteiger partial charge in [0.25, 0.3) is 0 Å². The molecule has 3 rings (SSSR count). The van der Waals surface area contributed by atoms with Crippen LogP contribution in [0.4, 0.5) is 4.79 Å². The number of carbonyl (C=O) groups excluding carboxylic acids is 2. The highest BCUT2D eigenvalue weighted by atomic mass is 32.1. The van der Waals surface area contributed by atoms with E-state index in [0.29, 0.717) is 6.54 Å². The maximum absolute atomic E-state index is 12.6. The molecule has 0 spiro atoms. The van der Waals surface area contributed by atoms with E-state index < -0.39 is 17.7 Å². The standard InChI is InChI=1S/C15H29N3O3.C9H7NS/c1-11(2)12(17-14(20)21-15(3,4)5)13(19)18-9-6-7-16-8-10-18;11-9-3-1-2-7-6-10-5-4-8(7)9/h11-12,16H,6-10H2,1-5H3,(H,17,20);1-6,11H. The van der Waals surface area contributed by atoms with Crippen LogP contribution in [0.3, 0.4) is 0 Å². The molecule has 1 atom stereocenters. The molecule has 2 aromatic rings. The molecule has 0 saturated carbocycles. The average Bonchev–Trinajstić information content (AvgIpc) is 3.01. The number of hydrogen-bond acceptors (Lipinski definition) is 6. The van der Waals surface area contributed by atoms with Gasteiger partial charge in [-0.1, -0.05) is 26.0 Å². The molecule has 32 heavy (non-hydrogen) atoms. The first-order chi connectivity index (χ1) is 15.1. The van der Waals surface area contributed by atoms with Crippen LogP contribution in [-0.4, -0.2) is 59.7 Å². The van der Waals surface area contributed by atoms with Crippen molar-refractivity contribution in [2.45, 2.75) is 57.6 Å². The molecule has 2 heterocycles. The fourth-order valence-electron chi connectivity index (χ4n) is 3.32. The van der Waals surface area contributed by atoms with Crippen molar-refractivity contribution >= 4 is 35.4 Å². The predicted octanol–water partition coefficient (Wildman–Crippen LogP) is 3.88. The highest BCUT2D eigenvalue weighted by Gasteiger charge is 2.30. The zero-order valence-electron chi connectivity index (χ0n) is 19.7. The number of aromatic nitrogens is 1. The van der Waals surface area contributed by atoms with E-state index >= 15 is 0 Å². The molecule has 1 aliphatic rings. The quantitative estimate of drug-likeness (QED) is 0.606. The van der Waals surface area contributed by atoms with E-state index in [1.54, 1.807) is 27.0 Å². The molecule has 2 N–H and O–H groups in total. The first kappa shape index (κ1) is 25.9. The maximum Gasteiger partial charge on any atom is 0.408 e. The Balaban J connectivity index is 0.000000273. The normalized spacial score (nSPS) is 15.4. The number of pyridine rings is 1. The summed E-state index contributed by atoms with van der Waals surface area (Å²) in [5, 5.41) is 8.28. The molecule has 1 unspecified atom stereocenters. The van der Waals surface area contributed by atoms with Crippen molar-refractivity contribution in [3.8, 4) is 0 Å². The van der Waals surface area contributed by atoms with E-state index in [9.17, 15) is 9.59 Å². The second kappa shape index (κ2) is 12.1. The van der Waals surface area contributed by atoms with Gasteiger partial charge in [-0.3, -0.25) is 9.78 Å². The third kappa shape index (κ3) is 8.31. The summed E-state index contributed by atoms with van der Waals surface area (Å²) in [6, 6.07) is 7.41. The molecule has 8 heteroatoms. The Morgan fingerprint density at radius 1 is 1.19 bits per heavy atom. The van der Waals surface area contributed by atoms with Crippen molar-refractivity contribution in [3.05, 3.63) is 36.7 Å². The van der Waals surface area contributed by atoms with Crippen LogP contribution in [-0.2, 0) is 9.53 Å². The second-order valence-corrected chi connectivity index (χ2v) is 9.65. The first-order valence-electron chi connectivity index (χ1n) is 11.1. The van der Waals surface area contributed by atoms with Gasteiger partial charge in [0.05, 0.1) is 0 Å². The first-order valence-corrected chi connectivity index (χ1v) is 11.5. The van der Waals surface area contributed by atoms with Gasteiger partial charge in [-0.25, -0.2) is 4.79 Å². The van der Waals surface area contributed by atoms with Crippen molar-refractivity contribution in [1.82, 2.24) is 20.5 Å². The number of amides is 2. The number of carbonyl (C=O) groups is 2. The smallest absolute Gasteiger partial charge is 0.408 e. The highest BCUT2D eigenvalue weighted by Crippen LogP contribution is 2.19. The number of rotatable bonds is 3. The Morgan fingerprint density at radius 3 is 2.59 bits per heavy atom. The van der Waals surface area contributed by atoms with Crippen molar-refractivity contribution in [2.75, 3.05) is 26.2 Å². The van der Waals surface area contributed by atoms with E-state index in [2.05, 4.69) is 28.2 Å². The van der Waals surface area contributed by atoms with E-state index in [-0.39, 0.29) is 11.8 Å². The SMILES string of the molecule is CC(C)C(NC(=O)OC(C)(C)C)C(=O)N1CCCNCC1.Sc1cccc2cnccc12. The third-order valence-electron chi connectivity index (χ3n) is 4.91. The topological polar surface area (TPSA) is 83.6 Å². The van der Waals surface area contributed by atoms with Gasteiger partial charge in [0.1, 0.15) is 11.6 Å². The van der Waals surface area contributed by atoms with Gasteiger partial charge < -0.3 is 20.3 Å². The molecule has 1 aromatic carbocycles. The number of thiol groups is 1. The van der Waals surface area contributed by atoms with Crippen LogP contribution in [0, 0.1) is 5.92 Å². The zero-order valence-corrected chi connectivity index (χ0v) is 20.6. The zero-order chi connectivity index (χ0) is 23.7. The lowest BCUT2D eigenvalue weighted by Gasteiger charge is -2.29. The van der Waals surface area contributed by atoms with E-state index in [0.717, 1.165) is 41.7 Å². The maximum atomic E-state index is 12.6. The molecule has 2 amide bonds. The van der Waals surface area contributed by atoms with Crippen LogP contribution in [0.15, 0.2) is 41.6 Å². The lowest BCUT2D eigenvalue weighted by molar-refractivity contribution is -0.134. The van der Waals surface area contributed by atoms with E-state index in [1.165, 1.54) is 0 Å². The summed E-state index contributed by atoms with van der Waals surface area (Å²) >= 11 is 4.32. The average molecular weight is 461 g/mol. The van der Waals surface area contributed by atoms with Gasteiger partial charge in [0, 0.05) is 42.3 Å². The van der Waals surface area contributed by atoms with E-state index in [4.69, 9.17) is 4.74 Å². The minimum absolute atomic E-state index is 0.0150. The van der Waals surface area contributed by atoms with Crippen LogP contribution in [0.5, 0.6) is 0 Å². The predicted molar refractivity (Wildman–Crippen MR) is 131 cm³/mol. The Morgan fingerprint density at radius 2 is 1.94 bits per heavy atom. The summed E-state index contributed by atoms with van der Waals surface area (Å²) in [5.41, 5.74) is -0.568. The number of ether oxygens (including phenoxy) is 1. The summed E-state index contributed by atoms with van der Waals surface area (Å²) in [6.07, 6.45) is 4.02. The molecule has 1 aromatic heterocycles. The molecule has 0 aliphatic carbocycles. The van der Waals surface area contributed by atoms with Gasteiger partial charge in [-0.05, 0) is 57.2 Å². The molecule has 1 saturated heterocycles. The number of benzene rings is 1. The second-order valence-electron chi connectivity index (χ2n) is 9.17. The number of alkyl carbamates (subject to hydrolysis) is 1. The largest absolute Gasteiger partial charge is 0.444 e. The molecule has 7 nitrogen and oxygen atoms in total. The summed E-state index contributed by atoms with van der Waals surface area (Å²) in [5.74, 6) is -0.0132. The lowest BCUT2D eigenvalue weighted by Crippen LogP contribution is -2.52. The Bertz CT molecular complexity index is 885. The molecular weight excluding hydrogens is 424 g/mol. The van der Waals surface area contributed by atoms with Crippen LogP contribution in [0.1, 0.15) is 41.0 Å². The third-order valence-corrected chi connectivity index (χ3v) is 5.30. The van der Waals surface area contributed by atoms with Crippen LogP contribution in [0.2, 0.25) is 0 Å². The molecule has 1 aliphatic heterocycles. The summed E-state index contributed by atoms with van der Waals surface area (Å²) in [4.78, 5) is 31.4. The number of hydrogen-bond donors (Lipinski definition) is 3. The van der Waals surface area contributed by atoms with Crippen LogP contribution >= 0.6 is 12.6 Å². The summed E-state index contributed by atoms with van der Waals surface area (Å²) in [7, 11) is 0. The number of nitrogens with zero attached hydrogens (tertiary/aromatic N) is 2. The van der Waals surface area contributed by atoms with Crippen molar-refractivity contribution in [2.24, 2.45) is 5.92 Å². The van der Waals surface area contributed by atoms with Gasteiger partial charge in [0.15, 0.2) is 0 Å². The monoisotopic (exact) mass is 460 g/mol. The summed E-state index contributed by atoms with van der Waals surface area (Å²) in [6.45, 7) is 12.4. The lowest BCUT2D eigenvalue weighted by atomic mass is 10.0. The minimum Gasteiger partial charge on any atom is -0.444 e. The number of fused-ring (bicyclic) bond motifs is 1. The van der Waals surface area contributed by atoms with Crippen molar-refractivity contribution in [1.29, 1.82) is 0 Å². The van der Waals surface area contributed by atoms with Gasteiger partial charge in [0.2, 0.25) is 5.91 Å². The molecule has 0 radical (unpaired) electrons. The van der Waals surface area contributed by atoms with Crippen LogP contribution < -0.4 is 10.6 Å². The van der Waals surface area contributed by atoms with Gasteiger partial charge in [-0.2, -0.15) is 0 Å². The molecular formula is C24H36N4O3S. The molecule has 176 valence electrons. The van der Waals surface area contributed by atoms with Crippen molar-refractivity contribution < 1.29 is 14.3 Å². The van der Waals surface area contributed by atoms with E-state index in [1.807, 2.05) is 49.2 Å². The summed E-state index contributed by atoms with van der Waals surface area (Å²) < 4.78 is 5.25. The molecule has 1 fully saturated rings. The Hall–Kier alpha value is -2.32. The minimum atomic E-state index is -0.568. The fourth-order valence-corrected chi connectivity index (χ4v) is 3.61. The Labute approximate surface area is 196 Å². The van der Waals surface area contributed by atoms with Crippen LogP contribution in [0.25, 0.3) is 10.8 Å². The number of nitrogens with one attached hydrogen (secondary N) is 2. The Kier molecular flexibility index (Phi) is 9.78. The van der Waals surface area contributed by atoms with Crippen molar-refractivity contribution in [3.63, 3.8) is 0 Å². The molecule has 0 bridgehead atoms.